The lowest BCUT2D eigenvalue weighted by molar-refractivity contribution is -0.384. The second-order valence-corrected chi connectivity index (χ2v) is 4.67. The fraction of sp³-hybridized carbons (Fsp3) is 0.429. The van der Waals surface area contributed by atoms with Crippen LogP contribution in [0.2, 0.25) is 0 Å². The molecule has 1 aliphatic carbocycles. The molecule has 0 aliphatic heterocycles. The molecule has 1 aromatic rings. The Bertz CT molecular complexity index is 486. The SMILES string of the molecule is COc1cc([N+](=O)[O-])ccc1NCC1CC=CCC1. The molecule has 1 atom stereocenters. The van der Waals surface area contributed by atoms with Gasteiger partial charge in [0.05, 0.1) is 23.8 Å². The number of methoxy groups -OCH3 is 1. The number of rotatable bonds is 5. The summed E-state index contributed by atoms with van der Waals surface area (Å²) in [5, 5.41) is 14.0. The number of anilines is 1. The summed E-state index contributed by atoms with van der Waals surface area (Å²) in [7, 11) is 1.52. The minimum Gasteiger partial charge on any atom is -0.494 e. The zero-order chi connectivity index (χ0) is 13.7. The maximum atomic E-state index is 10.7. The molecule has 5 nitrogen and oxygen atoms in total. The summed E-state index contributed by atoms with van der Waals surface area (Å²) in [5.74, 6) is 1.13. The summed E-state index contributed by atoms with van der Waals surface area (Å²) in [4.78, 5) is 10.3. The number of nitrogens with one attached hydrogen (secondary N) is 1. The molecule has 1 N–H and O–H groups in total. The van der Waals surface area contributed by atoms with Crippen molar-refractivity contribution < 1.29 is 9.66 Å². The third kappa shape index (κ3) is 3.47. The Morgan fingerprint density at radius 3 is 2.95 bits per heavy atom. The zero-order valence-corrected chi connectivity index (χ0v) is 11.0. The van der Waals surface area contributed by atoms with Crippen molar-refractivity contribution in [1.29, 1.82) is 0 Å². The molecule has 102 valence electrons. The predicted octanol–water partition coefficient (Wildman–Crippen LogP) is 3.37. The number of nitro groups is 1. The van der Waals surface area contributed by atoms with Crippen molar-refractivity contribution in [2.75, 3.05) is 19.0 Å². The highest BCUT2D eigenvalue weighted by Crippen LogP contribution is 2.29. The third-order valence-electron chi connectivity index (χ3n) is 3.35. The van der Waals surface area contributed by atoms with Gasteiger partial charge in [0.15, 0.2) is 0 Å². The van der Waals surface area contributed by atoms with Gasteiger partial charge in [-0.2, -0.15) is 0 Å². The molecule has 0 saturated heterocycles. The fourth-order valence-corrected chi connectivity index (χ4v) is 2.24. The van der Waals surface area contributed by atoms with E-state index in [2.05, 4.69) is 17.5 Å². The normalized spacial score (nSPS) is 18.1. The number of hydrogen-bond donors (Lipinski definition) is 1. The number of non-ortho nitro benzene ring substituents is 1. The first kappa shape index (κ1) is 13.4. The van der Waals surface area contributed by atoms with Gasteiger partial charge in [-0.15, -0.1) is 0 Å². The molecular formula is C14H18N2O3. The Labute approximate surface area is 112 Å². The van der Waals surface area contributed by atoms with Crippen molar-refractivity contribution in [3.05, 3.63) is 40.5 Å². The highest BCUT2D eigenvalue weighted by Gasteiger charge is 2.13. The van der Waals surface area contributed by atoms with E-state index < -0.39 is 4.92 Å². The average Bonchev–Trinajstić information content (AvgIpc) is 2.45. The fourth-order valence-electron chi connectivity index (χ4n) is 2.24. The molecule has 0 radical (unpaired) electrons. The van der Waals surface area contributed by atoms with E-state index in [1.165, 1.54) is 25.7 Å². The quantitative estimate of drug-likeness (QED) is 0.502. The van der Waals surface area contributed by atoms with Crippen LogP contribution < -0.4 is 10.1 Å². The molecule has 0 fully saturated rings. The molecule has 0 spiro atoms. The summed E-state index contributed by atoms with van der Waals surface area (Å²) in [6, 6.07) is 4.64. The first-order valence-electron chi connectivity index (χ1n) is 6.42. The van der Waals surface area contributed by atoms with Gasteiger partial charge < -0.3 is 10.1 Å². The van der Waals surface area contributed by atoms with Crippen molar-refractivity contribution in [3.8, 4) is 5.75 Å². The lowest BCUT2D eigenvalue weighted by Crippen LogP contribution is -2.15. The predicted molar refractivity (Wildman–Crippen MR) is 74.6 cm³/mol. The number of allylic oxidation sites excluding steroid dienone is 2. The van der Waals surface area contributed by atoms with Gasteiger partial charge in [-0.25, -0.2) is 0 Å². The topological polar surface area (TPSA) is 64.4 Å². The van der Waals surface area contributed by atoms with E-state index in [0.717, 1.165) is 25.1 Å². The van der Waals surface area contributed by atoms with Crippen LogP contribution in [0.25, 0.3) is 0 Å². The first-order valence-corrected chi connectivity index (χ1v) is 6.42. The molecule has 5 heteroatoms. The minimum absolute atomic E-state index is 0.0444. The van der Waals surface area contributed by atoms with Gasteiger partial charge in [-0.1, -0.05) is 12.2 Å². The molecule has 1 aromatic carbocycles. The smallest absolute Gasteiger partial charge is 0.273 e. The highest BCUT2D eigenvalue weighted by atomic mass is 16.6. The second-order valence-electron chi connectivity index (χ2n) is 4.67. The number of nitro benzene ring substituents is 1. The molecule has 0 saturated carbocycles. The molecule has 0 bridgehead atoms. The summed E-state index contributed by atoms with van der Waals surface area (Å²) in [6.07, 6.45) is 7.82. The van der Waals surface area contributed by atoms with Crippen LogP contribution in [0.5, 0.6) is 5.75 Å². The maximum Gasteiger partial charge on any atom is 0.273 e. The summed E-state index contributed by atoms with van der Waals surface area (Å²) < 4.78 is 5.20. The largest absolute Gasteiger partial charge is 0.494 e. The van der Waals surface area contributed by atoms with Gasteiger partial charge in [0.2, 0.25) is 0 Å². The molecule has 1 unspecified atom stereocenters. The van der Waals surface area contributed by atoms with Crippen LogP contribution in [0.3, 0.4) is 0 Å². The Morgan fingerprint density at radius 2 is 2.32 bits per heavy atom. The van der Waals surface area contributed by atoms with Crippen molar-refractivity contribution >= 4 is 11.4 Å². The molecular weight excluding hydrogens is 244 g/mol. The lowest BCUT2D eigenvalue weighted by atomic mass is 9.94. The van der Waals surface area contributed by atoms with Crippen LogP contribution in [0.15, 0.2) is 30.4 Å². The van der Waals surface area contributed by atoms with Crippen molar-refractivity contribution in [1.82, 2.24) is 0 Å². The van der Waals surface area contributed by atoms with Crippen molar-refractivity contribution in [2.45, 2.75) is 19.3 Å². The van der Waals surface area contributed by atoms with E-state index in [9.17, 15) is 10.1 Å². The van der Waals surface area contributed by atoms with Crippen LogP contribution in [0.1, 0.15) is 19.3 Å². The standard InChI is InChI=1S/C14H18N2O3/c1-19-14-9-12(16(17)18)7-8-13(14)15-10-11-5-3-2-4-6-11/h2-3,7-9,11,15H,4-6,10H2,1H3. The Balaban J connectivity index is 2.03. The number of benzene rings is 1. The summed E-state index contributed by atoms with van der Waals surface area (Å²) >= 11 is 0. The van der Waals surface area contributed by atoms with Gasteiger partial charge in [0.25, 0.3) is 5.69 Å². The van der Waals surface area contributed by atoms with Crippen LogP contribution >= 0.6 is 0 Å². The molecule has 1 aliphatic rings. The lowest BCUT2D eigenvalue weighted by Gasteiger charge is -2.19. The number of nitrogens with zero attached hydrogens (tertiary/aromatic N) is 1. The monoisotopic (exact) mass is 262 g/mol. The van der Waals surface area contributed by atoms with Crippen molar-refractivity contribution in [3.63, 3.8) is 0 Å². The maximum absolute atomic E-state index is 10.7. The molecule has 0 aromatic heterocycles. The van der Waals surface area contributed by atoms with E-state index in [4.69, 9.17) is 4.74 Å². The van der Waals surface area contributed by atoms with Gasteiger partial charge >= 0.3 is 0 Å². The first-order chi connectivity index (χ1) is 9.20. The summed E-state index contributed by atoms with van der Waals surface area (Å²) in [5.41, 5.74) is 0.852. The Hall–Kier alpha value is -2.04. The highest BCUT2D eigenvalue weighted by molar-refractivity contribution is 5.60. The van der Waals surface area contributed by atoms with Gasteiger partial charge in [0, 0.05) is 12.6 Å². The van der Waals surface area contributed by atoms with Crippen LogP contribution in [-0.2, 0) is 0 Å². The molecule has 2 rings (SSSR count). The Kier molecular flexibility index (Phi) is 4.39. The van der Waals surface area contributed by atoms with E-state index in [1.54, 1.807) is 6.07 Å². The molecule has 0 amide bonds. The average molecular weight is 262 g/mol. The van der Waals surface area contributed by atoms with E-state index >= 15 is 0 Å². The van der Waals surface area contributed by atoms with E-state index in [0.29, 0.717) is 11.7 Å². The third-order valence-corrected chi connectivity index (χ3v) is 3.35. The minimum atomic E-state index is -0.418. The van der Waals surface area contributed by atoms with Crippen LogP contribution in [-0.4, -0.2) is 18.6 Å². The van der Waals surface area contributed by atoms with E-state index in [1.807, 2.05) is 0 Å². The van der Waals surface area contributed by atoms with E-state index in [-0.39, 0.29) is 5.69 Å². The summed E-state index contributed by atoms with van der Waals surface area (Å²) in [6.45, 7) is 0.860. The van der Waals surface area contributed by atoms with Gasteiger partial charge in [-0.05, 0) is 31.2 Å². The van der Waals surface area contributed by atoms with Crippen LogP contribution in [0, 0.1) is 16.0 Å². The van der Waals surface area contributed by atoms with Gasteiger partial charge in [-0.3, -0.25) is 10.1 Å². The molecule has 19 heavy (non-hydrogen) atoms. The van der Waals surface area contributed by atoms with Crippen LogP contribution in [0.4, 0.5) is 11.4 Å². The number of ether oxygens (including phenoxy) is 1. The van der Waals surface area contributed by atoms with Crippen molar-refractivity contribution in [2.24, 2.45) is 5.92 Å². The Morgan fingerprint density at radius 1 is 1.47 bits per heavy atom. The van der Waals surface area contributed by atoms with Gasteiger partial charge in [0.1, 0.15) is 5.75 Å². The molecule has 0 heterocycles. The zero-order valence-electron chi connectivity index (χ0n) is 11.0. The number of hydrogen-bond acceptors (Lipinski definition) is 4. The second kappa shape index (κ2) is 6.22.